The number of fused-ring (bicyclic) bond motifs is 2. The molecule has 0 radical (unpaired) electrons. The fraction of sp³-hybridized carbons (Fsp3) is 0.250. The third kappa shape index (κ3) is 2.43. The molecular formula is C20H19N5. The molecule has 5 heteroatoms. The number of nitrogens with one attached hydrogen (secondary N) is 1. The highest BCUT2D eigenvalue weighted by Gasteiger charge is 2.27. The summed E-state index contributed by atoms with van der Waals surface area (Å²) in [6, 6.07) is 15.2. The van der Waals surface area contributed by atoms with Crippen molar-refractivity contribution in [1.29, 1.82) is 0 Å². The predicted octanol–water partition coefficient (Wildman–Crippen LogP) is 4.23. The molecule has 0 bridgehead atoms. The van der Waals surface area contributed by atoms with E-state index in [4.69, 9.17) is 4.98 Å². The maximum atomic E-state index is 4.84. The van der Waals surface area contributed by atoms with E-state index in [-0.39, 0.29) is 0 Å². The molecule has 1 N–H and O–H groups in total. The van der Waals surface area contributed by atoms with E-state index in [9.17, 15) is 0 Å². The standard InChI is InChI=1S/C20H19N5/c1-13-5-4-6-15-19(13)22-12-23-20(15)21-11-18-24-16-7-2-3-8-17(16)25(18)14-9-10-14/h2-8,12,14H,9-11H2,1H3,(H,21,22,23). The minimum absolute atomic E-state index is 0.591. The molecule has 0 unspecified atom stereocenters. The Morgan fingerprint density at radius 2 is 1.96 bits per heavy atom. The normalized spacial score (nSPS) is 14.3. The number of imidazole rings is 1. The van der Waals surface area contributed by atoms with Gasteiger partial charge >= 0.3 is 0 Å². The van der Waals surface area contributed by atoms with E-state index in [1.54, 1.807) is 6.33 Å². The van der Waals surface area contributed by atoms with E-state index in [1.165, 1.54) is 18.4 Å². The lowest BCUT2D eigenvalue weighted by Gasteiger charge is -2.11. The second-order valence-electron chi connectivity index (χ2n) is 6.66. The van der Waals surface area contributed by atoms with Gasteiger partial charge in [-0.05, 0) is 43.5 Å². The van der Waals surface area contributed by atoms with Crippen LogP contribution in [0.2, 0.25) is 0 Å². The Bertz CT molecular complexity index is 1080. The van der Waals surface area contributed by atoms with Crippen LogP contribution in [0.15, 0.2) is 48.8 Å². The molecule has 1 aliphatic carbocycles. The molecule has 0 aliphatic heterocycles. The fourth-order valence-electron chi connectivity index (χ4n) is 3.50. The number of nitrogens with zero attached hydrogens (tertiary/aromatic N) is 4. The topological polar surface area (TPSA) is 55.6 Å². The summed E-state index contributed by atoms with van der Waals surface area (Å²) in [5.74, 6) is 1.94. The molecule has 0 spiro atoms. The van der Waals surface area contributed by atoms with Gasteiger partial charge in [-0.25, -0.2) is 15.0 Å². The first-order valence-corrected chi connectivity index (χ1v) is 8.71. The van der Waals surface area contributed by atoms with Gasteiger partial charge in [-0.1, -0.05) is 24.3 Å². The smallest absolute Gasteiger partial charge is 0.137 e. The maximum Gasteiger partial charge on any atom is 0.137 e. The van der Waals surface area contributed by atoms with Crippen molar-refractivity contribution in [2.24, 2.45) is 0 Å². The van der Waals surface area contributed by atoms with Gasteiger partial charge in [0.15, 0.2) is 0 Å². The minimum atomic E-state index is 0.591. The van der Waals surface area contributed by atoms with E-state index >= 15 is 0 Å². The monoisotopic (exact) mass is 329 g/mol. The first-order chi connectivity index (χ1) is 12.3. The molecule has 0 saturated heterocycles. The third-order valence-corrected chi connectivity index (χ3v) is 4.86. The zero-order valence-electron chi connectivity index (χ0n) is 14.1. The quantitative estimate of drug-likeness (QED) is 0.608. The first-order valence-electron chi connectivity index (χ1n) is 8.71. The predicted molar refractivity (Wildman–Crippen MR) is 99.6 cm³/mol. The summed E-state index contributed by atoms with van der Waals surface area (Å²) >= 11 is 0. The van der Waals surface area contributed by atoms with Crippen molar-refractivity contribution < 1.29 is 0 Å². The lowest BCUT2D eigenvalue weighted by molar-refractivity contribution is 0.710. The fourth-order valence-corrected chi connectivity index (χ4v) is 3.50. The SMILES string of the molecule is Cc1cccc2c(NCc3nc4ccccc4n3C3CC3)ncnc12. The number of hydrogen-bond donors (Lipinski definition) is 1. The van der Waals surface area contributed by atoms with Crippen LogP contribution in [0.4, 0.5) is 5.82 Å². The highest BCUT2D eigenvalue weighted by atomic mass is 15.2. The number of anilines is 1. The van der Waals surface area contributed by atoms with Gasteiger partial charge in [-0.2, -0.15) is 0 Å². The van der Waals surface area contributed by atoms with E-state index < -0.39 is 0 Å². The van der Waals surface area contributed by atoms with Crippen LogP contribution in [-0.2, 0) is 6.54 Å². The summed E-state index contributed by atoms with van der Waals surface area (Å²) in [4.78, 5) is 13.7. The van der Waals surface area contributed by atoms with Crippen LogP contribution in [0.5, 0.6) is 0 Å². The second-order valence-corrected chi connectivity index (χ2v) is 6.66. The Morgan fingerprint density at radius 1 is 1.08 bits per heavy atom. The maximum absolute atomic E-state index is 4.84. The third-order valence-electron chi connectivity index (χ3n) is 4.86. The molecule has 1 fully saturated rings. The molecule has 1 aliphatic rings. The Kier molecular flexibility index (Phi) is 3.20. The second kappa shape index (κ2) is 5.55. The summed E-state index contributed by atoms with van der Waals surface area (Å²) in [6.45, 7) is 2.73. The number of para-hydroxylation sites is 3. The van der Waals surface area contributed by atoms with Gasteiger partial charge < -0.3 is 9.88 Å². The molecule has 4 aromatic rings. The van der Waals surface area contributed by atoms with Crippen molar-refractivity contribution in [1.82, 2.24) is 19.5 Å². The van der Waals surface area contributed by atoms with E-state index in [0.29, 0.717) is 12.6 Å². The highest BCUT2D eigenvalue weighted by molar-refractivity contribution is 5.90. The van der Waals surface area contributed by atoms with Crippen molar-refractivity contribution in [3.63, 3.8) is 0 Å². The number of aryl methyl sites for hydroxylation is 1. The molecule has 2 aromatic carbocycles. The molecule has 5 rings (SSSR count). The van der Waals surface area contributed by atoms with Gasteiger partial charge in [-0.15, -0.1) is 0 Å². The van der Waals surface area contributed by atoms with Crippen LogP contribution in [0.1, 0.15) is 30.3 Å². The molecule has 2 aromatic heterocycles. The average Bonchev–Trinajstić information content (AvgIpc) is 3.40. The lowest BCUT2D eigenvalue weighted by atomic mass is 10.1. The largest absolute Gasteiger partial charge is 0.362 e. The number of hydrogen-bond acceptors (Lipinski definition) is 4. The molecule has 5 nitrogen and oxygen atoms in total. The molecule has 0 amide bonds. The van der Waals surface area contributed by atoms with Gasteiger partial charge in [0.2, 0.25) is 0 Å². The highest BCUT2D eigenvalue weighted by Crippen LogP contribution is 2.38. The van der Waals surface area contributed by atoms with Crippen molar-refractivity contribution in [2.75, 3.05) is 5.32 Å². The van der Waals surface area contributed by atoms with Crippen molar-refractivity contribution >= 4 is 27.8 Å². The Balaban J connectivity index is 1.52. The summed E-state index contributed by atoms with van der Waals surface area (Å²) in [6.07, 6.45) is 4.10. The molecule has 2 heterocycles. The van der Waals surface area contributed by atoms with Crippen molar-refractivity contribution in [3.8, 4) is 0 Å². The zero-order valence-corrected chi connectivity index (χ0v) is 14.1. The minimum Gasteiger partial charge on any atom is -0.362 e. The molecule has 0 atom stereocenters. The van der Waals surface area contributed by atoms with E-state index in [2.05, 4.69) is 57.1 Å². The summed E-state index contributed by atoms with van der Waals surface area (Å²) in [5, 5.41) is 4.53. The summed E-state index contributed by atoms with van der Waals surface area (Å²) in [5.41, 5.74) is 4.45. The van der Waals surface area contributed by atoms with Gasteiger partial charge in [0.1, 0.15) is 18.0 Å². The Hall–Kier alpha value is -2.95. The first kappa shape index (κ1) is 14.4. The number of rotatable bonds is 4. The lowest BCUT2D eigenvalue weighted by Crippen LogP contribution is -2.09. The Morgan fingerprint density at radius 3 is 2.84 bits per heavy atom. The molecular weight excluding hydrogens is 310 g/mol. The number of aromatic nitrogens is 4. The van der Waals surface area contributed by atoms with Crippen LogP contribution in [0.3, 0.4) is 0 Å². The van der Waals surface area contributed by atoms with E-state index in [0.717, 1.165) is 33.6 Å². The average molecular weight is 329 g/mol. The van der Waals surface area contributed by atoms with Gasteiger partial charge in [0.05, 0.1) is 23.1 Å². The molecule has 25 heavy (non-hydrogen) atoms. The van der Waals surface area contributed by atoms with Gasteiger partial charge in [-0.3, -0.25) is 0 Å². The summed E-state index contributed by atoms with van der Waals surface area (Å²) in [7, 11) is 0. The van der Waals surface area contributed by atoms with Gasteiger partial charge in [0.25, 0.3) is 0 Å². The molecule has 124 valence electrons. The number of benzene rings is 2. The summed E-state index contributed by atoms with van der Waals surface area (Å²) < 4.78 is 2.39. The van der Waals surface area contributed by atoms with Crippen LogP contribution < -0.4 is 5.32 Å². The van der Waals surface area contributed by atoms with Crippen LogP contribution >= 0.6 is 0 Å². The van der Waals surface area contributed by atoms with E-state index in [1.807, 2.05) is 12.1 Å². The Labute approximate surface area is 145 Å². The van der Waals surface area contributed by atoms with Crippen LogP contribution in [0.25, 0.3) is 21.9 Å². The van der Waals surface area contributed by atoms with Crippen LogP contribution in [-0.4, -0.2) is 19.5 Å². The zero-order chi connectivity index (χ0) is 16.8. The van der Waals surface area contributed by atoms with Crippen LogP contribution in [0, 0.1) is 6.92 Å². The van der Waals surface area contributed by atoms with Crippen molar-refractivity contribution in [3.05, 3.63) is 60.2 Å². The van der Waals surface area contributed by atoms with Crippen molar-refractivity contribution in [2.45, 2.75) is 32.4 Å². The van der Waals surface area contributed by atoms with Gasteiger partial charge in [0, 0.05) is 11.4 Å². The molecule has 1 saturated carbocycles.